The van der Waals surface area contributed by atoms with Crippen LogP contribution >= 0.6 is 0 Å². The Kier molecular flexibility index (Phi) is 3.57. The van der Waals surface area contributed by atoms with Crippen molar-refractivity contribution in [3.8, 4) is 0 Å². The first kappa shape index (κ1) is 16.1. The number of nitrogens with one attached hydrogen (secondary N) is 1. The van der Waals surface area contributed by atoms with Crippen LogP contribution in [0.15, 0.2) is 23.1 Å². The Morgan fingerprint density at radius 2 is 2.08 bits per heavy atom. The van der Waals surface area contributed by atoms with E-state index < -0.39 is 17.2 Å². The predicted octanol–water partition coefficient (Wildman–Crippen LogP) is 1.97. The van der Waals surface area contributed by atoms with Gasteiger partial charge in [0.1, 0.15) is 11.4 Å². The summed E-state index contributed by atoms with van der Waals surface area (Å²) in [4.78, 5) is 25.8. The number of likely N-dealkylation sites (N-methyl/N-ethyl adjacent to an activating group) is 1. The third-order valence-corrected chi connectivity index (χ3v) is 5.42. The number of aromatic carboxylic acids is 1. The molecule has 0 bridgehead atoms. The number of carbonyl (C=O) groups is 1. The van der Waals surface area contributed by atoms with Gasteiger partial charge < -0.3 is 19.9 Å². The molecule has 2 N–H and O–H groups in total. The van der Waals surface area contributed by atoms with E-state index in [1.807, 2.05) is 23.4 Å². The van der Waals surface area contributed by atoms with Crippen molar-refractivity contribution < 1.29 is 14.3 Å². The number of carboxylic acids is 1. The minimum absolute atomic E-state index is 0.131. The number of fused-ring (bicyclic) bond motifs is 1. The van der Waals surface area contributed by atoms with E-state index in [9.17, 15) is 19.1 Å². The highest BCUT2D eigenvalue weighted by Crippen LogP contribution is 2.39. The second-order valence-electron chi connectivity index (χ2n) is 6.92. The van der Waals surface area contributed by atoms with Gasteiger partial charge in [0.2, 0.25) is 5.43 Å². The molecule has 25 heavy (non-hydrogen) atoms. The molecule has 4 rings (SSSR count). The fourth-order valence-corrected chi connectivity index (χ4v) is 3.65. The van der Waals surface area contributed by atoms with E-state index in [2.05, 4.69) is 5.32 Å². The number of carboxylic acid groups (broad SMARTS) is 1. The first-order valence-electron chi connectivity index (χ1n) is 8.48. The van der Waals surface area contributed by atoms with E-state index in [0.29, 0.717) is 23.8 Å². The standard InChI is InChI=1S/C18H20FN3O3/c1-9-14(20-2)8-21(9)16-6-15-11(5-13(16)19)17(23)12(18(24)25)7-22(15)10-3-4-10/h5-7,9-10,14,20H,3-4,8H2,1-2H3,(H,24,25)/t9-,14+/m1/s1. The average molecular weight is 345 g/mol. The van der Waals surface area contributed by atoms with Gasteiger partial charge in [-0.1, -0.05) is 0 Å². The fraction of sp³-hybridized carbons (Fsp3) is 0.444. The fourth-order valence-electron chi connectivity index (χ4n) is 3.65. The first-order chi connectivity index (χ1) is 11.9. The van der Waals surface area contributed by atoms with Crippen molar-refractivity contribution in [3.63, 3.8) is 0 Å². The van der Waals surface area contributed by atoms with E-state index in [1.54, 1.807) is 6.07 Å². The van der Waals surface area contributed by atoms with Crippen LogP contribution in [0.2, 0.25) is 0 Å². The maximum absolute atomic E-state index is 14.7. The van der Waals surface area contributed by atoms with Gasteiger partial charge in [0.15, 0.2) is 0 Å². The smallest absolute Gasteiger partial charge is 0.341 e. The zero-order valence-electron chi connectivity index (χ0n) is 14.1. The van der Waals surface area contributed by atoms with Crippen LogP contribution in [0.3, 0.4) is 0 Å². The van der Waals surface area contributed by atoms with Crippen LogP contribution < -0.4 is 15.6 Å². The van der Waals surface area contributed by atoms with Crippen molar-refractivity contribution in [2.24, 2.45) is 0 Å². The molecule has 2 heterocycles. The molecule has 1 saturated carbocycles. The van der Waals surface area contributed by atoms with Crippen molar-refractivity contribution >= 4 is 22.6 Å². The molecule has 2 atom stereocenters. The molecule has 1 aliphatic carbocycles. The van der Waals surface area contributed by atoms with Gasteiger partial charge in [-0.3, -0.25) is 4.79 Å². The maximum atomic E-state index is 14.7. The summed E-state index contributed by atoms with van der Waals surface area (Å²) in [7, 11) is 1.88. The second kappa shape index (κ2) is 5.56. The summed E-state index contributed by atoms with van der Waals surface area (Å²) < 4.78 is 16.5. The summed E-state index contributed by atoms with van der Waals surface area (Å²) in [5.41, 5.74) is 0.131. The monoisotopic (exact) mass is 345 g/mol. The number of halogens is 1. The molecule has 6 nitrogen and oxygen atoms in total. The lowest BCUT2D eigenvalue weighted by atomic mass is 9.96. The summed E-state index contributed by atoms with van der Waals surface area (Å²) >= 11 is 0. The number of hydrogen-bond donors (Lipinski definition) is 2. The summed E-state index contributed by atoms with van der Waals surface area (Å²) in [6.07, 6.45) is 3.28. The first-order valence-corrected chi connectivity index (χ1v) is 8.48. The summed E-state index contributed by atoms with van der Waals surface area (Å²) in [5, 5.41) is 12.6. The normalized spacial score (nSPS) is 22.9. The lowest BCUT2D eigenvalue weighted by Gasteiger charge is -2.48. The highest BCUT2D eigenvalue weighted by molar-refractivity contribution is 5.93. The van der Waals surface area contributed by atoms with Gasteiger partial charge in [-0.25, -0.2) is 9.18 Å². The quantitative estimate of drug-likeness (QED) is 0.886. The van der Waals surface area contributed by atoms with Crippen LogP contribution in [0.4, 0.5) is 10.1 Å². The van der Waals surface area contributed by atoms with E-state index in [1.165, 1.54) is 12.3 Å². The van der Waals surface area contributed by atoms with Gasteiger partial charge in [0.05, 0.1) is 11.2 Å². The number of benzene rings is 1. The van der Waals surface area contributed by atoms with Gasteiger partial charge in [-0.05, 0) is 38.9 Å². The number of rotatable bonds is 4. The van der Waals surface area contributed by atoms with Gasteiger partial charge in [0, 0.05) is 36.3 Å². The minimum atomic E-state index is -1.28. The van der Waals surface area contributed by atoms with Crippen molar-refractivity contribution in [2.75, 3.05) is 18.5 Å². The van der Waals surface area contributed by atoms with Crippen LogP contribution in [-0.2, 0) is 0 Å². The lowest BCUT2D eigenvalue weighted by Crippen LogP contribution is -2.64. The molecule has 132 valence electrons. The Hall–Kier alpha value is -2.41. The molecule has 0 amide bonds. The van der Waals surface area contributed by atoms with E-state index in [-0.39, 0.29) is 23.0 Å². The molecule has 2 fully saturated rings. The number of pyridine rings is 1. The molecule has 0 spiro atoms. The summed E-state index contributed by atoms with van der Waals surface area (Å²) in [5.74, 6) is -1.77. The molecular formula is C18H20FN3O3. The Morgan fingerprint density at radius 3 is 2.64 bits per heavy atom. The van der Waals surface area contributed by atoms with Crippen molar-refractivity contribution in [3.05, 3.63) is 39.9 Å². The molecule has 2 aromatic rings. The largest absolute Gasteiger partial charge is 0.477 e. The van der Waals surface area contributed by atoms with Crippen LogP contribution in [0.1, 0.15) is 36.2 Å². The number of anilines is 1. The number of hydrogen-bond acceptors (Lipinski definition) is 4. The third-order valence-electron chi connectivity index (χ3n) is 5.42. The molecule has 7 heteroatoms. The zero-order valence-corrected chi connectivity index (χ0v) is 14.1. The van der Waals surface area contributed by atoms with Crippen molar-refractivity contribution in [2.45, 2.75) is 37.9 Å². The van der Waals surface area contributed by atoms with Crippen LogP contribution in [-0.4, -0.2) is 41.3 Å². The molecule has 1 aromatic heterocycles. The predicted molar refractivity (Wildman–Crippen MR) is 93.1 cm³/mol. The lowest BCUT2D eigenvalue weighted by molar-refractivity contribution is 0.0695. The highest BCUT2D eigenvalue weighted by atomic mass is 19.1. The van der Waals surface area contributed by atoms with Crippen molar-refractivity contribution in [1.29, 1.82) is 0 Å². The third kappa shape index (κ3) is 2.41. The molecular weight excluding hydrogens is 325 g/mol. The van der Waals surface area contributed by atoms with Crippen LogP contribution in [0.5, 0.6) is 0 Å². The van der Waals surface area contributed by atoms with Gasteiger partial charge in [-0.2, -0.15) is 0 Å². The van der Waals surface area contributed by atoms with Crippen LogP contribution in [0, 0.1) is 5.82 Å². The summed E-state index contributed by atoms with van der Waals surface area (Å²) in [6.45, 7) is 2.72. The molecule has 0 radical (unpaired) electrons. The second-order valence-corrected chi connectivity index (χ2v) is 6.92. The highest BCUT2D eigenvalue weighted by Gasteiger charge is 2.36. The van der Waals surface area contributed by atoms with Gasteiger partial charge >= 0.3 is 5.97 Å². The molecule has 1 saturated heterocycles. The van der Waals surface area contributed by atoms with E-state index in [0.717, 1.165) is 12.8 Å². The SMILES string of the molecule is CN[C@H]1CN(c2cc3c(cc2F)c(=O)c(C(=O)O)cn3C2CC2)[C@@H]1C. The van der Waals surface area contributed by atoms with Gasteiger partial charge in [-0.15, -0.1) is 0 Å². The summed E-state index contributed by atoms with van der Waals surface area (Å²) in [6, 6.07) is 3.51. The van der Waals surface area contributed by atoms with E-state index >= 15 is 0 Å². The molecule has 0 unspecified atom stereocenters. The van der Waals surface area contributed by atoms with Crippen molar-refractivity contribution in [1.82, 2.24) is 9.88 Å². The topological polar surface area (TPSA) is 74.6 Å². The Labute approximate surface area is 143 Å². The maximum Gasteiger partial charge on any atom is 0.341 e. The zero-order chi connectivity index (χ0) is 17.9. The average Bonchev–Trinajstić information content (AvgIpc) is 3.40. The minimum Gasteiger partial charge on any atom is -0.477 e. The Bertz CT molecular complexity index is 935. The van der Waals surface area contributed by atoms with Gasteiger partial charge in [0.25, 0.3) is 0 Å². The van der Waals surface area contributed by atoms with Crippen LogP contribution in [0.25, 0.3) is 10.9 Å². The number of nitrogens with zero attached hydrogens (tertiary/aromatic N) is 2. The Morgan fingerprint density at radius 1 is 1.36 bits per heavy atom. The molecule has 1 aliphatic heterocycles. The Balaban J connectivity index is 1.90. The molecule has 2 aliphatic rings. The molecule has 1 aromatic carbocycles. The number of aromatic nitrogens is 1. The van der Waals surface area contributed by atoms with E-state index in [4.69, 9.17) is 0 Å².